The van der Waals surface area contributed by atoms with Crippen LogP contribution in [0.25, 0.3) is 0 Å². The first-order valence-electron chi connectivity index (χ1n) is 11.4. The minimum atomic E-state index is -0.400. The van der Waals surface area contributed by atoms with Crippen LogP contribution in [0.1, 0.15) is 50.9 Å². The van der Waals surface area contributed by atoms with Crippen LogP contribution in [0.2, 0.25) is 0 Å². The zero-order valence-electron chi connectivity index (χ0n) is 19.3. The lowest BCUT2D eigenvalue weighted by Crippen LogP contribution is -2.40. The highest BCUT2D eigenvalue weighted by Crippen LogP contribution is 2.50. The normalized spacial score (nSPS) is 24.6. The van der Waals surface area contributed by atoms with E-state index in [4.69, 9.17) is 9.26 Å². The number of benzene rings is 1. The number of hydrogen-bond acceptors (Lipinski definition) is 6. The fraction of sp³-hybridized carbons (Fsp3) is 0.583. The Balaban J connectivity index is 1.44. The first-order chi connectivity index (χ1) is 15.3. The Morgan fingerprint density at radius 2 is 2.06 bits per heavy atom. The number of ether oxygens (including phenoxy) is 1. The third kappa shape index (κ3) is 4.36. The van der Waals surface area contributed by atoms with E-state index in [1.54, 1.807) is 6.92 Å². The van der Waals surface area contributed by atoms with Gasteiger partial charge in [-0.05, 0) is 50.3 Å². The van der Waals surface area contributed by atoms with Gasteiger partial charge in [0.2, 0.25) is 17.7 Å². The lowest BCUT2D eigenvalue weighted by atomic mass is 9.80. The summed E-state index contributed by atoms with van der Waals surface area (Å²) in [7, 11) is 0. The first-order valence-corrected chi connectivity index (χ1v) is 11.4. The van der Waals surface area contributed by atoms with Crippen LogP contribution in [0.3, 0.4) is 0 Å². The molecular weight excluding hydrogens is 408 g/mol. The molecule has 2 amide bonds. The number of nitrogens with zero attached hydrogens (tertiary/aromatic N) is 3. The number of rotatable bonds is 7. The average Bonchev–Trinajstić information content (AvgIpc) is 3.41. The van der Waals surface area contributed by atoms with E-state index < -0.39 is 5.41 Å². The van der Waals surface area contributed by atoms with Crippen molar-refractivity contribution in [2.75, 3.05) is 19.7 Å². The third-order valence-corrected chi connectivity index (χ3v) is 6.60. The Morgan fingerprint density at radius 3 is 2.69 bits per heavy atom. The second kappa shape index (κ2) is 8.92. The van der Waals surface area contributed by atoms with E-state index in [1.165, 1.54) is 0 Å². The van der Waals surface area contributed by atoms with Crippen LogP contribution in [-0.4, -0.2) is 52.6 Å². The van der Waals surface area contributed by atoms with E-state index in [9.17, 15) is 9.59 Å². The zero-order valence-corrected chi connectivity index (χ0v) is 19.3. The summed E-state index contributed by atoms with van der Waals surface area (Å²) in [5.41, 5.74) is 0.545. The molecule has 2 aromatic rings. The van der Waals surface area contributed by atoms with E-state index >= 15 is 0 Å². The summed E-state index contributed by atoms with van der Waals surface area (Å²) < 4.78 is 11.1. The largest absolute Gasteiger partial charge is 0.494 e. The first kappa shape index (κ1) is 22.3. The van der Waals surface area contributed by atoms with Crippen molar-refractivity contribution in [2.45, 2.75) is 58.4 Å². The molecule has 1 aliphatic heterocycles. The number of carbonyl (C=O) groups is 2. The van der Waals surface area contributed by atoms with E-state index in [1.807, 2.05) is 49.9 Å². The van der Waals surface area contributed by atoms with Crippen LogP contribution in [0.15, 0.2) is 28.8 Å². The van der Waals surface area contributed by atoms with Gasteiger partial charge in [-0.1, -0.05) is 31.1 Å². The zero-order chi connectivity index (χ0) is 22.9. The van der Waals surface area contributed by atoms with Crippen LogP contribution in [0.5, 0.6) is 5.75 Å². The minimum absolute atomic E-state index is 0.00824. The molecule has 1 aliphatic carbocycles. The van der Waals surface area contributed by atoms with E-state index in [0.29, 0.717) is 44.3 Å². The molecular formula is C24H32N4O4. The highest BCUT2D eigenvalue weighted by atomic mass is 16.5. The molecule has 4 rings (SSSR count). The number of aryl methyl sites for hydroxylation is 1. The van der Waals surface area contributed by atoms with Gasteiger partial charge in [-0.25, -0.2) is 0 Å². The van der Waals surface area contributed by atoms with Gasteiger partial charge in [0, 0.05) is 25.0 Å². The summed E-state index contributed by atoms with van der Waals surface area (Å²) in [6, 6.07) is 7.63. The molecule has 1 saturated carbocycles. The third-order valence-electron chi connectivity index (χ3n) is 6.60. The maximum Gasteiger partial charge on any atom is 0.235 e. The van der Waals surface area contributed by atoms with Crippen molar-refractivity contribution in [2.24, 2.45) is 11.8 Å². The van der Waals surface area contributed by atoms with Crippen LogP contribution >= 0.6 is 0 Å². The summed E-state index contributed by atoms with van der Waals surface area (Å²) in [4.78, 5) is 31.9. The SMILES string of the molecule is CCOc1ccc(CC(=O)NC2CC3CN(C(=O)C(C)C)CC3(c3nc(C)no3)C2)cc1. The predicted octanol–water partition coefficient (Wildman–Crippen LogP) is 2.65. The van der Waals surface area contributed by atoms with Crippen molar-refractivity contribution in [3.8, 4) is 5.75 Å². The number of fused-ring (bicyclic) bond motifs is 1. The average molecular weight is 441 g/mol. The minimum Gasteiger partial charge on any atom is -0.494 e. The Labute approximate surface area is 188 Å². The summed E-state index contributed by atoms with van der Waals surface area (Å²) in [6.07, 6.45) is 1.80. The molecule has 1 aromatic heterocycles. The van der Waals surface area contributed by atoms with Crippen molar-refractivity contribution in [3.63, 3.8) is 0 Å². The smallest absolute Gasteiger partial charge is 0.235 e. The van der Waals surface area contributed by atoms with Crippen LogP contribution in [0.4, 0.5) is 0 Å². The maximum absolute atomic E-state index is 12.7. The molecule has 8 heteroatoms. The van der Waals surface area contributed by atoms with Crippen molar-refractivity contribution in [1.29, 1.82) is 0 Å². The Hall–Kier alpha value is -2.90. The molecule has 172 valence electrons. The fourth-order valence-corrected chi connectivity index (χ4v) is 5.18. The second-order valence-electron chi connectivity index (χ2n) is 9.33. The van der Waals surface area contributed by atoms with Gasteiger partial charge in [0.15, 0.2) is 5.82 Å². The Bertz CT molecular complexity index is 971. The molecule has 0 radical (unpaired) electrons. The van der Waals surface area contributed by atoms with Gasteiger partial charge in [0.05, 0.1) is 18.4 Å². The van der Waals surface area contributed by atoms with Gasteiger partial charge in [-0.3, -0.25) is 9.59 Å². The molecule has 2 aliphatic rings. The summed E-state index contributed by atoms with van der Waals surface area (Å²) in [5, 5.41) is 7.20. The standard InChI is InChI=1S/C24H32N4O4/c1-5-31-20-8-6-17(7-9-20)10-21(29)26-19-11-18-13-28(22(30)15(2)3)14-24(18,12-19)23-25-16(4)27-32-23/h6-9,15,18-19H,5,10-14H2,1-4H3,(H,26,29). The van der Waals surface area contributed by atoms with E-state index in [2.05, 4.69) is 15.5 Å². The summed E-state index contributed by atoms with van der Waals surface area (Å²) in [6.45, 7) is 9.41. The summed E-state index contributed by atoms with van der Waals surface area (Å²) in [5.74, 6) is 2.24. The monoisotopic (exact) mass is 440 g/mol. The van der Waals surface area contributed by atoms with Crippen LogP contribution in [0, 0.1) is 18.8 Å². The van der Waals surface area contributed by atoms with Gasteiger partial charge in [0.25, 0.3) is 0 Å². The molecule has 0 bridgehead atoms. The van der Waals surface area contributed by atoms with Crippen molar-refractivity contribution < 1.29 is 18.8 Å². The van der Waals surface area contributed by atoms with Gasteiger partial charge >= 0.3 is 0 Å². The lowest BCUT2D eigenvalue weighted by Gasteiger charge is -2.26. The molecule has 1 saturated heterocycles. The maximum atomic E-state index is 12.7. The van der Waals surface area contributed by atoms with Crippen molar-refractivity contribution in [1.82, 2.24) is 20.4 Å². The number of aromatic nitrogens is 2. The van der Waals surface area contributed by atoms with E-state index in [0.717, 1.165) is 17.7 Å². The molecule has 3 unspecified atom stereocenters. The fourth-order valence-electron chi connectivity index (χ4n) is 5.18. The number of hydrogen-bond donors (Lipinski definition) is 1. The van der Waals surface area contributed by atoms with Crippen molar-refractivity contribution in [3.05, 3.63) is 41.5 Å². The number of likely N-dealkylation sites (tertiary alicyclic amines) is 1. The lowest BCUT2D eigenvalue weighted by molar-refractivity contribution is -0.134. The molecule has 32 heavy (non-hydrogen) atoms. The predicted molar refractivity (Wildman–Crippen MR) is 118 cm³/mol. The van der Waals surface area contributed by atoms with E-state index in [-0.39, 0.29) is 29.7 Å². The molecule has 1 aromatic carbocycles. The highest BCUT2D eigenvalue weighted by molar-refractivity contribution is 5.79. The van der Waals surface area contributed by atoms with Crippen LogP contribution < -0.4 is 10.1 Å². The van der Waals surface area contributed by atoms with Crippen LogP contribution in [-0.2, 0) is 21.4 Å². The second-order valence-corrected chi connectivity index (χ2v) is 9.33. The number of carbonyl (C=O) groups excluding carboxylic acids is 2. The van der Waals surface area contributed by atoms with Gasteiger partial charge in [-0.15, -0.1) is 0 Å². The van der Waals surface area contributed by atoms with Crippen molar-refractivity contribution >= 4 is 11.8 Å². The van der Waals surface area contributed by atoms with Gasteiger partial charge in [-0.2, -0.15) is 4.98 Å². The Morgan fingerprint density at radius 1 is 1.31 bits per heavy atom. The van der Waals surface area contributed by atoms with Gasteiger partial charge < -0.3 is 19.5 Å². The molecule has 8 nitrogen and oxygen atoms in total. The molecule has 2 fully saturated rings. The molecule has 1 N–H and O–H groups in total. The number of amides is 2. The molecule has 0 spiro atoms. The number of nitrogens with one attached hydrogen (secondary N) is 1. The highest BCUT2D eigenvalue weighted by Gasteiger charge is 2.58. The Kier molecular flexibility index (Phi) is 6.22. The molecule has 3 atom stereocenters. The topological polar surface area (TPSA) is 97.6 Å². The molecule has 2 heterocycles. The van der Waals surface area contributed by atoms with Gasteiger partial charge in [0.1, 0.15) is 5.75 Å². The summed E-state index contributed by atoms with van der Waals surface area (Å²) >= 11 is 0. The quantitative estimate of drug-likeness (QED) is 0.711.